The van der Waals surface area contributed by atoms with Crippen LogP contribution in [0.4, 0.5) is 0 Å². The van der Waals surface area contributed by atoms with E-state index in [9.17, 15) is 0 Å². The maximum Gasteiger partial charge on any atom is 0.231 e. The number of hydrogen-bond donors (Lipinski definition) is 1. The molecule has 110 valence electrons. The number of hydrogen-bond acceptors (Lipinski definition) is 3. The molecule has 0 amide bonds. The van der Waals surface area contributed by atoms with Crippen LogP contribution in [-0.4, -0.2) is 13.3 Å². The van der Waals surface area contributed by atoms with Gasteiger partial charge < -0.3 is 14.8 Å². The second kappa shape index (κ2) is 6.56. The molecule has 0 fully saturated rings. The van der Waals surface area contributed by atoms with Crippen LogP contribution >= 0.6 is 23.2 Å². The summed E-state index contributed by atoms with van der Waals surface area (Å²) in [5.41, 5.74) is 2.34. The molecule has 0 aromatic heterocycles. The highest BCUT2D eigenvalue weighted by Gasteiger charge is 2.17. The minimum absolute atomic E-state index is 0.239. The minimum atomic E-state index is 0.239. The lowest BCUT2D eigenvalue weighted by Crippen LogP contribution is -2.16. The first-order valence-corrected chi connectivity index (χ1v) is 7.51. The molecule has 0 atom stereocenters. The summed E-state index contributed by atoms with van der Waals surface area (Å²) in [7, 11) is 0. The number of ether oxygens (including phenoxy) is 2. The van der Waals surface area contributed by atoms with E-state index >= 15 is 0 Å². The molecule has 3 nitrogen and oxygen atoms in total. The smallest absolute Gasteiger partial charge is 0.231 e. The highest BCUT2D eigenvalue weighted by molar-refractivity contribution is 6.32. The standard InChI is InChI=1S/C16H15Cl2NO2/c17-13-3-1-11(2-4-13)5-6-19-9-12-7-14(18)16-15(8-12)20-10-21-16/h1-4,7-8,19H,5-6,9-10H2. The fraction of sp³-hybridized carbons (Fsp3) is 0.250. The number of benzene rings is 2. The molecule has 0 aliphatic carbocycles. The van der Waals surface area contributed by atoms with Crippen LogP contribution in [0.2, 0.25) is 10.0 Å². The van der Waals surface area contributed by atoms with Gasteiger partial charge in [-0.15, -0.1) is 0 Å². The van der Waals surface area contributed by atoms with E-state index in [0.717, 1.165) is 35.8 Å². The van der Waals surface area contributed by atoms with Crippen molar-refractivity contribution in [2.24, 2.45) is 0 Å². The zero-order chi connectivity index (χ0) is 14.7. The number of nitrogens with one attached hydrogen (secondary N) is 1. The zero-order valence-corrected chi connectivity index (χ0v) is 12.9. The predicted octanol–water partition coefficient (Wildman–Crippen LogP) is 4.05. The number of fused-ring (bicyclic) bond motifs is 1. The Hall–Kier alpha value is -1.42. The van der Waals surface area contributed by atoms with Gasteiger partial charge in [-0.1, -0.05) is 35.3 Å². The lowest BCUT2D eigenvalue weighted by atomic mass is 10.1. The topological polar surface area (TPSA) is 30.5 Å². The quantitative estimate of drug-likeness (QED) is 0.842. The van der Waals surface area contributed by atoms with Crippen LogP contribution in [0.25, 0.3) is 0 Å². The third kappa shape index (κ3) is 3.62. The van der Waals surface area contributed by atoms with Crippen molar-refractivity contribution in [1.82, 2.24) is 5.32 Å². The number of rotatable bonds is 5. The van der Waals surface area contributed by atoms with Gasteiger partial charge in [0.05, 0.1) is 5.02 Å². The van der Waals surface area contributed by atoms with E-state index in [2.05, 4.69) is 5.32 Å². The summed E-state index contributed by atoms with van der Waals surface area (Å²) in [5.74, 6) is 1.36. The molecule has 2 aromatic rings. The van der Waals surface area contributed by atoms with Crippen LogP contribution in [0.3, 0.4) is 0 Å². The van der Waals surface area contributed by atoms with Crippen LogP contribution < -0.4 is 14.8 Å². The molecule has 0 bridgehead atoms. The zero-order valence-electron chi connectivity index (χ0n) is 11.4. The fourth-order valence-corrected chi connectivity index (χ4v) is 2.65. The molecule has 2 aromatic carbocycles. The Morgan fingerprint density at radius 3 is 2.62 bits per heavy atom. The van der Waals surface area contributed by atoms with E-state index in [0.29, 0.717) is 10.8 Å². The molecule has 1 aliphatic heterocycles. The lowest BCUT2D eigenvalue weighted by Gasteiger charge is -2.07. The molecule has 1 aliphatic rings. The van der Waals surface area contributed by atoms with Crippen molar-refractivity contribution in [1.29, 1.82) is 0 Å². The molecule has 0 radical (unpaired) electrons. The maximum absolute atomic E-state index is 6.15. The summed E-state index contributed by atoms with van der Waals surface area (Å²) in [6.07, 6.45) is 0.954. The third-order valence-electron chi connectivity index (χ3n) is 3.32. The maximum atomic E-state index is 6.15. The number of halogens is 2. The molecule has 0 spiro atoms. The Kier molecular flexibility index (Phi) is 4.54. The van der Waals surface area contributed by atoms with Gasteiger partial charge in [-0.3, -0.25) is 0 Å². The van der Waals surface area contributed by atoms with Gasteiger partial charge in [0.2, 0.25) is 6.79 Å². The fourth-order valence-electron chi connectivity index (χ4n) is 2.24. The average Bonchev–Trinajstić information content (AvgIpc) is 2.94. The molecule has 3 rings (SSSR count). The van der Waals surface area contributed by atoms with Crippen molar-refractivity contribution in [2.75, 3.05) is 13.3 Å². The summed E-state index contributed by atoms with van der Waals surface area (Å²) < 4.78 is 10.7. The van der Waals surface area contributed by atoms with Gasteiger partial charge in [-0.2, -0.15) is 0 Å². The molecule has 0 saturated carbocycles. The summed E-state index contributed by atoms with van der Waals surface area (Å²) in [4.78, 5) is 0. The minimum Gasteiger partial charge on any atom is -0.454 e. The van der Waals surface area contributed by atoms with Crippen LogP contribution in [0.5, 0.6) is 11.5 Å². The van der Waals surface area contributed by atoms with E-state index in [1.165, 1.54) is 5.56 Å². The predicted molar refractivity (Wildman–Crippen MR) is 84.4 cm³/mol. The Bertz CT molecular complexity index is 629. The Balaban J connectivity index is 1.52. The largest absolute Gasteiger partial charge is 0.454 e. The van der Waals surface area contributed by atoms with Crippen molar-refractivity contribution < 1.29 is 9.47 Å². The molecular weight excluding hydrogens is 309 g/mol. The van der Waals surface area contributed by atoms with Gasteiger partial charge in [0.1, 0.15) is 0 Å². The second-order valence-electron chi connectivity index (χ2n) is 4.86. The molecular formula is C16H15Cl2NO2. The van der Waals surface area contributed by atoms with Crippen molar-refractivity contribution in [3.8, 4) is 11.5 Å². The van der Waals surface area contributed by atoms with E-state index in [1.54, 1.807) is 0 Å². The first kappa shape index (κ1) is 14.5. The Morgan fingerprint density at radius 2 is 1.81 bits per heavy atom. The highest BCUT2D eigenvalue weighted by Crippen LogP contribution is 2.39. The van der Waals surface area contributed by atoms with Crippen molar-refractivity contribution in [2.45, 2.75) is 13.0 Å². The molecule has 1 N–H and O–H groups in total. The monoisotopic (exact) mass is 323 g/mol. The molecule has 5 heteroatoms. The van der Waals surface area contributed by atoms with Gasteiger partial charge in [-0.25, -0.2) is 0 Å². The molecule has 0 saturated heterocycles. The Morgan fingerprint density at radius 1 is 1.00 bits per heavy atom. The third-order valence-corrected chi connectivity index (χ3v) is 3.85. The van der Waals surface area contributed by atoms with Gasteiger partial charge in [0.25, 0.3) is 0 Å². The van der Waals surface area contributed by atoms with Gasteiger partial charge in [0, 0.05) is 11.6 Å². The molecule has 21 heavy (non-hydrogen) atoms. The normalized spacial score (nSPS) is 12.7. The van der Waals surface area contributed by atoms with E-state index in [1.807, 2.05) is 36.4 Å². The van der Waals surface area contributed by atoms with E-state index < -0.39 is 0 Å². The van der Waals surface area contributed by atoms with Crippen LogP contribution in [0.1, 0.15) is 11.1 Å². The molecule has 0 unspecified atom stereocenters. The first-order valence-electron chi connectivity index (χ1n) is 6.75. The van der Waals surface area contributed by atoms with Crippen LogP contribution in [0.15, 0.2) is 36.4 Å². The van der Waals surface area contributed by atoms with E-state index in [-0.39, 0.29) is 6.79 Å². The summed E-state index contributed by atoms with van der Waals surface area (Å²) >= 11 is 12.0. The highest BCUT2D eigenvalue weighted by atomic mass is 35.5. The van der Waals surface area contributed by atoms with Gasteiger partial charge in [-0.05, 0) is 48.4 Å². The summed E-state index contributed by atoms with van der Waals surface area (Å²) in [6, 6.07) is 11.8. The Labute approximate surface area is 133 Å². The first-order chi connectivity index (χ1) is 10.2. The van der Waals surface area contributed by atoms with Gasteiger partial charge in [0.15, 0.2) is 11.5 Å². The SMILES string of the molecule is Clc1ccc(CCNCc2cc(Cl)c3c(c2)OCO3)cc1. The van der Waals surface area contributed by atoms with Crippen molar-refractivity contribution >= 4 is 23.2 Å². The summed E-state index contributed by atoms with van der Waals surface area (Å²) in [6.45, 7) is 1.86. The second-order valence-corrected chi connectivity index (χ2v) is 5.71. The van der Waals surface area contributed by atoms with Crippen molar-refractivity contribution in [3.63, 3.8) is 0 Å². The average molecular weight is 324 g/mol. The summed E-state index contributed by atoms with van der Waals surface area (Å²) in [5, 5.41) is 4.76. The van der Waals surface area contributed by atoms with E-state index in [4.69, 9.17) is 32.7 Å². The van der Waals surface area contributed by atoms with Gasteiger partial charge >= 0.3 is 0 Å². The van der Waals surface area contributed by atoms with Crippen LogP contribution in [0, 0.1) is 0 Å². The lowest BCUT2D eigenvalue weighted by molar-refractivity contribution is 0.174. The van der Waals surface area contributed by atoms with Crippen molar-refractivity contribution in [3.05, 3.63) is 57.6 Å². The van der Waals surface area contributed by atoms with Crippen LogP contribution in [-0.2, 0) is 13.0 Å². The molecule has 1 heterocycles.